The predicted octanol–water partition coefficient (Wildman–Crippen LogP) is -2.71. The predicted molar refractivity (Wildman–Crippen MR) is 32.3 cm³/mol. The number of rotatable bonds is 3. The molecule has 0 saturated carbocycles. The van der Waals surface area contributed by atoms with Gasteiger partial charge in [0.25, 0.3) is 0 Å². The van der Waals surface area contributed by atoms with Crippen molar-refractivity contribution < 1.29 is 39.6 Å². The first-order valence-electron chi connectivity index (χ1n) is 2.69. The van der Waals surface area contributed by atoms with Gasteiger partial charge in [-0.05, 0) is 0 Å². The van der Waals surface area contributed by atoms with E-state index in [1.165, 1.54) is 0 Å². The molecule has 0 heterocycles. The Morgan fingerprint density at radius 1 is 0.923 bits per heavy atom. The molecule has 0 aromatic heterocycles. The minimum Gasteiger partial charge on any atom is -0.479 e. The maximum absolute atomic E-state index is 9.77. The molecule has 0 aliphatic heterocycles. The van der Waals surface area contributed by atoms with Crippen LogP contribution in [0.2, 0.25) is 0 Å². The fourth-order valence-electron chi connectivity index (χ4n) is 0.270. The Balaban J connectivity index is 0. The highest BCUT2D eigenvalue weighted by molar-refractivity contribution is 5.82. The van der Waals surface area contributed by atoms with Crippen LogP contribution in [0.1, 0.15) is 0 Å². The number of carboxylic acids is 2. The summed E-state index contributed by atoms with van der Waals surface area (Å²) in [7, 11) is 0. The minimum atomic E-state index is -2.27. The number of carboxylic acid groups (broad SMARTS) is 2. The van der Waals surface area contributed by atoms with Crippen molar-refractivity contribution in [2.75, 3.05) is 0 Å². The highest BCUT2D eigenvalue weighted by Crippen LogP contribution is 1.92. The van der Waals surface area contributed by atoms with Crippen LogP contribution in [0.25, 0.3) is 0 Å². The van der Waals surface area contributed by atoms with Crippen LogP contribution in [0.3, 0.4) is 0 Å². The summed E-state index contributed by atoms with van der Waals surface area (Å²) in [5.41, 5.74) is 0. The van der Waals surface area contributed by atoms with Crippen molar-refractivity contribution in [1.29, 1.82) is 0 Å². The first-order chi connectivity index (χ1) is 5.88. The first-order valence-corrected chi connectivity index (χ1v) is 2.69. The topological polar surface area (TPSA) is 149 Å². The lowest BCUT2D eigenvalue weighted by Crippen LogP contribution is -2.39. The van der Waals surface area contributed by atoms with Gasteiger partial charge < -0.3 is 20.4 Å². The summed E-state index contributed by atoms with van der Waals surface area (Å²) in [6, 6.07) is 0. The Morgan fingerprint density at radius 3 is 1.15 bits per heavy atom. The molecule has 0 aliphatic rings. The third kappa shape index (κ3) is 6.63. The van der Waals surface area contributed by atoms with E-state index in [1.807, 2.05) is 0 Å². The van der Waals surface area contributed by atoms with Crippen molar-refractivity contribution >= 4 is 18.1 Å². The number of carbonyl (C=O) groups excluding carboxylic acids is 2. The number of hydrogen-bond acceptors (Lipinski definition) is 6. The van der Waals surface area contributed by atoms with E-state index in [4.69, 9.17) is 30.0 Å². The molecule has 0 aromatic carbocycles. The lowest BCUT2D eigenvalue weighted by molar-refractivity contribution is -0.191. The first kappa shape index (κ1) is 13.8. The van der Waals surface area contributed by atoms with Crippen molar-refractivity contribution in [2.24, 2.45) is 0 Å². The van der Waals surface area contributed by atoms with Crippen molar-refractivity contribution in [3.63, 3.8) is 0 Å². The molecule has 8 nitrogen and oxygen atoms in total. The van der Waals surface area contributed by atoms with Crippen LogP contribution in [0.15, 0.2) is 0 Å². The zero-order valence-electron chi connectivity index (χ0n) is 6.08. The van der Waals surface area contributed by atoms with E-state index < -0.39 is 24.1 Å². The maximum atomic E-state index is 9.77. The number of hydrogen-bond donors (Lipinski definition) is 4. The van der Waals surface area contributed by atoms with E-state index in [2.05, 4.69) is 0 Å². The number of aliphatic carboxylic acids is 2. The Kier molecular flexibility index (Phi) is 7.35. The zero-order chi connectivity index (χ0) is 11.0. The van der Waals surface area contributed by atoms with Gasteiger partial charge in [0, 0.05) is 0 Å². The standard InChI is InChI=1S/C4H6O6.CO2/c5-1(3(7)8)2(6)4(9)10;2-1-3/h1-2,5-6H,(H,7,8)(H,9,10);. The van der Waals surface area contributed by atoms with Gasteiger partial charge in [-0.25, -0.2) is 9.59 Å². The SMILES string of the molecule is O=C(O)C(O)C(O)C(=O)O.O=C=O. The second-order valence-corrected chi connectivity index (χ2v) is 1.65. The maximum Gasteiger partial charge on any atom is 0.373 e. The van der Waals surface area contributed by atoms with Crippen LogP contribution in [0.4, 0.5) is 0 Å². The summed E-state index contributed by atoms with van der Waals surface area (Å²) in [6.07, 6.45) is -4.28. The Hall–Kier alpha value is -1.76. The van der Waals surface area contributed by atoms with Gasteiger partial charge in [0.05, 0.1) is 0 Å². The normalized spacial score (nSPS) is 12.8. The van der Waals surface area contributed by atoms with E-state index in [1.54, 1.807) is 0 Å². The molecule has 0 amide bonds. The van der Waals surface area contributed by atoms with Crippen molar-refractivity contribution in [2.45, 2.75) is 12.2 Å². The minimum absolute atomic E-state index is 0.250. The van der Waals surface area contributed by atoms with Gasteiger partial charge in [0.1, 0.15) is 0 Å². The Bertz CT molecular complexity index is 197. The molecule has 4 N–H and O–H groups in total. The number of carbonyl (C=O) groups is 2. The average molecular weight is 194 g/mol. The largest absolute Gasteiger partial charge is 0.479 e. The number of aliphatic hydroxyl groups excluding tert-OH is 2. The molecule has 8 heteroatoms. The van der Waals surface area contributed by atoms with Crippen LogP contribution in [0.5, 0.6) is 0 Å². The molecule has 13 heavy (non-hydrogen) atoms. The van der Waals surface area contributed by atoms with E-state index >= 15 is 0 Å². The van der Waals surface area contributed by atoms with Gasteiger partial charge in [-0.1, -0.05) is 0 Å². The molecule has 0 fully saturated rings. The molecule has 74 valence electrons. The Morgan fingerprint density at radius 2 is 1.08 bits per heavy atom. The zero-order valence-corrected chi connectivity index (χ0v) is 6.08. The third-order valence-electron chi connectivity index (χ3n) is 0.805. The summed E-state index contributed by atoms with van der Waals surface area (Å²) < 4.78 is 0. The monoisotopic (exact) mass is 194 g/mol. The van der Waals surface area contributed by atoms with Gasteiger partial charge in [0.15, 0.2) is 12.2 Å². The van der Waals surface area contributed by atoms with E-state index in [9.17, 15) is 9.59 Å². The van der Waals surface area contributed by atoms with Gasteiger partial charge in [0.2, 0.25) is 0 Å². The van der Waals surface area contributed by atoms with Crippen LogP contribution in [-0.2, 0) is 19.2 Å². The molecular formula is C5H6O8. The van der Waals surface area contributed by atoms with E-state index in [0.717, 1.165) is 0 Å². The summed E-state index contributed by atoms with van der Waals surface area (Å²) in [4.78, 5) is 35.8. The van der Waals surface area contributed by atoms with Gasteiger partial charge in [-0.3, -0.25) is 0 Å². The molecule has 2 atom stereocenters. The second-order valence-electron chi connectivity index (χ2n) is 1.65. The fourth-order valence-corrected chi connectivity index (χ4v) is 0.270. The molecule has 0 saturated heterocycles. The summed E-state index contributed by atoms with van der Waals surface area (Å²) >= 11 is 0. The summed E-state index contributed by atoms with van der Waals surface area (Å²) in [5, 5.41) is 32.5. The van der Waals surface area contributed by atoms with Crippen molar-refractivity contribution in [3.8, 4) is 0 Å². The van der Waals surface area contributed by atoms with Crippen molar-refractivity contribution in [3.05, 3.63) is 0 Å². The fraction of sp³-hybridized carbons (Fsp3) is 0.400. The van der Waals surface area contributed by atoms with Gasteiger partial charge in [-0.15, -0.1) is 0 Å². The highest BCUT2D eigenvalue weighted by Gasteiger charge is 2.29. The summed E-state index contributed by atoms with van der Waals surface area (Å²) in [6.45, 7) is 0. The molecule has 0 bridgehead atoms. The molecule has 0 spiro atoms. The second kappa shape index (κ2) is 6.92. The van der Waals surface area contributed by atoms with Gasteiger partial charge >= 0.3 is 18.1 Å². The molecular weight excluding hydrogens is 188 g/mol. The molecule has 2 unspecified atom stereocenters. The number of aliphatic hydroxyl groups is 2. The quantitative estimate of drug-likeness (QED) is 0.378. The lowest BCUT2D eigenvalue weighted by Gasteiger charge is -2.07. The van der Waals surface area contributed by atoms with E-state index in [-0.39, 0.29) is 6.15 Å². The molecule has 0 rings (SSSR count). The average Bonchev–Trinajstić information content (AvgIpc) is 2.03. The van der Waals surface area contributed by atoms with Gasteiger partial charge in [-0.2, -0.15) is 9.59 Å². The summed E-state index contributed by atoms with van der Waals surface area (Å²) in [5.74, 6) is -3.54. The van der Waals surface area contributed by atoms with E-state index in [0.29, 0.717) is 0 Å². The third-order valence-corrected chi connectivity index (χ3v) is 0.805. The molecule has 0 aromatic rings. The van der Waals surface area contributed by atoms with Crippen LogP contribution in [0, 0.1) is 0 Å². The van der Waals surface area contributed by atoms with Crippen LogP contribution < -0.4 is 0 Å². The van der Waals surface area contributed by atoms with Crippen molar-refractivity contribution in [1.82, 2.24) is 0 Å². The van der Waals surface area contributed by atoms with Crippen LogP contribution in [-0.4, -0.2) is 50.7 Å². The molecule has 0 radical (unpaired) electrons. The van der Waals surface area contributed by atoms with Crippen LogP contribution >= 0.6 is 0 Å². The lowest BCUT2D eigenvalue weighted by atomic mass is 10.2. The molecule has 0 aliphatic carbocycles. The highest BCUT2D eigenvalue weighted by atomic mass is 16.4. The Labute approximate surface area is 71.0 Å². The smallest absolute Gasteiger partial charge is 0.373 e.